The molecule has 0 saturated heterocycles. The van der Waals surface area contributed by atoms with Crippen LogP contribution in [0.5, 0.6) is 11.5 Å². The zero-order valence-corrected chi connectivity index (χ0v) is 16.4. The van der Waals surface area contributed by atoms with Crippen LogP contribution in [0.1, 0.15) is 34.8 Å². The molecule has 29 heavy (non-hydrogen) atoms. The highest BCUT2D eigenvalue weighted by molar-refractivity contribution is 5.94. The van der Waals surface area contributed by atoms with E-state index in [0.717, 1.165) is 17.7 Å². The predicted molar refractivity (Wildman–Crippen MR) is 102 cm³/mol. The monoisotopic (exact) mass is 407 g/mol. The Hall–Kier alpha value is -3.16. The molecule has 0 heterocycles. The van der Waals surface area contributed by atoms with Crippen LogP contribution in [0.15, 0.2) is 30.3 Å². The van der Waals surface area contributed by atoms with Crippen LogP contribution in [0.25, 0.3) is 0 Å². The normalized spacial score (nSPS) is 11.6. The number of halogens is 2. The molecule has 6 nitrogen and oxygen atoms in total. The summed E-state index contributed by atoms with van der Waals surface area (Å²) in [6, 6.07) is 6.98. The van der Waals surface area contributed by atoms with Gasteiger partial charge in [0.2, 0.25) is 0 Å². The van der Waals surface area contributed by atoms with Crippen molar-refractivity contribution in [3.8, 4) is 11.5 Å². The van der Waals surface area contributed by atoms with E-state index in [0.29, 0.717) is 24.2 Å². The van der Waals surface area contributed by atoms with E-state index in [9.17, 15) is 23.5 Å². The molecule has 8 heteroatoms. The highest BCUT2D eigenvalue weighted by Crippen LogP contribution is 2.24. The largest absolute Gasteiger partial charge is 0.497 e. The number of benzene rings is 2. The van der Waals surface area contributed by atoms with Gasteiger partial charge in [0, 0.05) is 24.2 Å². The summed E-state index contributed by atoms with van der Waals surface area (Å²) in [6.07, 6.45) is 0.794. The molecule has 1 atom stereocenters. The van der Waals surface area contributed by atoms with E-state index < -0.39 is 35.0 Å². The summed E-state index contributed by atoms with van der Waals surface area (Å²) in [6.45, 7) is 1.74. The number of aliphatic carboxylic acids is 1. The van der Waals surface area contributed by atoms with Crippen molar-refractivity contribution in [2.75, 3.05) is 14.2 Å². The summed E-state index contributed by atoms with van der Waals surface area (Å²) in [5.74, 6) is -3.98. The zero-order valence-electron chi connectivity index (χ0n) is 16.4. The Morgan fingerprint density at radius 3 is 2.28 bits per heavy atom. The van der Waals surface area contributed by atoms with Crippen molar-refractivity contribution >= 4 is 11.9 Å². The van der Waals surface area contributed by atoms with E-state index in [2.05, 4.69) is 5.32 Å². The first-order valence-corrected chi connectivity index (χ1v) is 9.00. The predicted octanol–water partition coefficient (Wildman–Crippen LogP) is 3.57. The van der Waals surface area contributed by atoms with Crippen molar-refractivity contribution in [1.29, 1.82) is 0 Å². The number of carbonyl (C=O) groups excluding carboxylic acids is 1. The summed E-state index contributed by atoms with van der Waals surface area (Å²) < 4.78 is 38.2. The molecule has 0 bridgehead atoms. The average molecular weight is 407 g/mol. The lowest BCUT2D eigenvalue weighted by Crippen LogP contribution is -2.25. The number of carbonyl (C=O) groups is 2. The SMILES string of the molecule is CCC(Cc1ccc(OC)c(CNC(=O)c2c(F)cc(OC)cc2F)c1)C(=O)O. The molecule has 1 amide bonds. The molecular formula is C21H23F2NO5. The molecule has 156 valence electrons. The van der Waals surface area contributed by atoms with Crippen LogP contribution in [-0.2, 0) is 17.8 Å². The smallest absolute Gasteiger partial charge is 0.306 e. The zero-order chi connectivity index (χ0) is 21.6. The standard InChI is InChI=1S/C21H23F2NO5/c1-4-13(21(26)27)7-12-5-6-18(29-3)14(8-12)11-24-20(25)19-16(22)9-15(28-2)10-17(19)23/h5-6,8-10,13H,4,7,11H2,1-3H3,(H,24,25)(H,26,27). The van der Waals surface area contributed by atoms with E-state index in [-0.39, 0.29) is 12.3 Å². The first-order valence-electron chi connectivity index (χ1n) is 9.00. The second-order valence-corrected chi connectivity index (χ2v) is 6.44. The lowest BCUT2D eigenvalue weighted by Gasteiger charge is -2.14. The Morgan fingerprint density at radius 1 is 1.10 bits per heavy atom. The average Bonchev–Trinajstić information content (AvgIpc) is 2.69. The maximum Gasteiger partial charge on any atom is 0.306 e. The van der Waals surface area contributed by atoms with Crippen molar-refractivity contribution in [1.82, 2.24) is 5.32 Å². The quantitative estimate of drug-likeness (QED) is 0.664. The fourth-order valence-corrected chi connectivity index (χ4v) is 2.94. The van der Waals surface area contributed by atoms with Gasteiger partial charge in [-0.3, -0.25) is 9.59 Å². The molecule has 2 aromatic rings. The molecule has 0 saturated carbocycles. The molecule has 0 spiro atoms. The Bertz CT molecular complexity index is 878. The van der Waals surface area contributed by atoms with Gasteiger partial charge in [0.15, 0.2) is 0 Å². The number of carboxylic acids is 1. The number of ether oxygens (including phenoxy) is 2. The van der Waals surface area contributed by atoms with Crippen LogP contribution < -0.4 is 14.8 Å². The van der Waals surface area contributed by atoms with Gasteiger partial charge in [-0.2, -0.15) is 0 Å². The van der Waals surface area contributed by atoms with Gasteiger partial charge in [0.1, 0.15) is 28.7 Å². The fraction of sp³-hybridized carbons (Fsp3) is 0.333. The molecule has 0 aliphatic rings. The van der Waals surface area contributed by atoms with Crippen molar-refractivity contribution in [3.63, 3.8) is 0 Å². The minimum absolute atomic E-state index is 0.0326. The summed E-state index contributed by atoms with van der Waals surface area (Å²) in [7, 11) is 2.72. The van der Waals surface area contributed by atoms with Crippen molar-refractivity contribution in [2.45, 2.75) is 26.3 Å². The van der Waals surface area contributed by atoms with Crippen molar-refractivity contribution in [2.24, 2.45) is 5.92 Å². The van der Waals surface area contributed by atoms with Gasteiger partial charge in [-0.25, -0.2) is 8.78 Å². The van der Waals surface area contributed by atoms with Crippen molar-refractivity contribution in [3.05, 3.63) is 58.7 Å². The number of hydrogen-bond donors (Lipinski definition) is 2. The molecule has 2 N–H and O–H groups in total. The number of carboxylic acid groups (broad SMARTS) is 1. The Balaban J connectivity index is 2.20. The summed E-state index contributed by atoms with van der Waals surface area (Å²) in [5.41, 5.74) is 0.608. The molecule has 2 aromatic carbocycles. The third kappa shape index (κ3) is 5.43. The minimum Gasteiger partial charge on any atom is -0.497 e. The molecule has 0 fully saturated rings. The third-order valence-electron chi connectivity index (χ3n) is 4.59. The fourth-order valence-electron chi connectivity index (χ4n) is 2.94. The molecule has 2 rings (SSSR count). The molecular weight excluding hydrogens is 384 g/mol. The van der Waals surface area contributed by atoms with Crippen molar-refractivity contribution < 1.29 is 33.0 Å². The number of amides is 1. The van der Waals surface area contributed by atoms with Crippen LogP contribution in [0.3, 0.4) is 0 Å². The molecule has 0 aliphatic heterocycles. The maximum absolute atomic E-state index is 14.1. The van der Waals surface area contributed by atoms with Gasteiger partial charge in [0.05, 0.1) is 20.1 Å². The Morgan fingerprint density at radius 2 is 1.76 bits per heavy atom. The van der Waals surface area contributed by atoms with E-state index in [4.69, 9.17) is 9.47 Å². The number of hydrogen-bond acceptors (Lipinski definition) is 4. The Labute approximate surface area is 167 Å². The van der Waals surface area contributed by atoms with Gasteiger partial charge < -0.3 is 19.9 Å². The van der Waals surface area contributed by atoms with Crippen LogP contribution in [-0.4, -0.2) is 31.2 Å². The first kappa shape index (κ1) is 22.1. The third-order valence-corrected chi connectivity index (χ3v) is 4.59. The molecule has 1 unspecified atom stereocenters. The van der Waals surface area contributed by atoms with E-state index in [1.807, 2.05) is 0 Å². The highest BCUT2D eigenvalue weighted by Gasteiger charge is 2.20. The molecule has 0 aliphatic carbocycles. The van der Waals surface area contributed by atoms with Crippen LogP contribution in [0.4, 0.5) is 8.78 Å². The number of methoxy groups -OCH3 is 2. The van der Waals surface area contributed by atoms with Gasteiger partial charge in [-0.15, -0.1) is 0 Å². The van der Waals surface area contributed by atoms with Gasteiger partial charge in [-0.1, -0.05) is 19.1 Å². The molecule has 0 aromatic heterocycles. The first-order chi connectivity index (χ1) is 13.8. The summed E-state index contributed by atoms with van der Waals surface area (Å²) in [4.78, 5) is 23.6. The van der Waals surface area contributed by atoms with E-state index in [1.165, 1.54) is 14.2 Å². The number of rotatable bonds is 9. The van der Waals surface area contributed by atoms with Crippen LogP contribution in [0.2, 0.25) is 0 Å². The van der Waals surface area contributed by atoms with Gasteiger partial charge in [0.25, 0.3) is 5.91 Å². The van der Waals surface area contributed by atoms with Crippen LogP contribution >= 0.6 is 0 Å². The number of nitrogens with one attached hydrogen (secondary N) is 1. The Kier molecular flexibility index (Phi) is 7.52. The van der Waals surface area contributed by atoms with Crippen LogP contribution in [0, 0.1) is 17.6 Å². The second-order valence-electron chi connectivity index (χ2n) is 6.44. The van der Waals surface area contributed by atoms with E-state index >= 15 is 0 Å². The van der Waals surface area contributed by atoms with Gasteiger partial charge >= 0.3 is 5.97 Å². The maximum atomic E-state index is 14.1. The summed E-state index contributed by atoms with van der Waals surface area (Å²) >= 11 is 0. The lowest BCUT2D eigenvalue weighted by atomic mass is 9.95. The van der Waals surface area contributed by atoms with E-state index in [1.54, 1.807) is 25.1 Å². The van der Waals surface area contributed by atoms with Gasteiger partial charge in [-0.05, 0) is 24.5 Å². The summed E-state index contributed by atoms with van der Waals surface area (Å²) in [5, 5.41) is 11.7. The minimum atomic E-state index is -1.03. The molecule has 0 radical (unpaired) electrons. The topological polar surface area (TPSA) is 84.9 Å². The highest BCUT2D eigenvalue weighted by atomic mass is 19.1. The second kappa shape index (κ2) is 9.86. The lowest BCUT2D eigenvalue weighted by molar-refractivity contribution is -0.141.